The third-order valence-electron chi connectivity index (χ3n) is 3.19. The van der Waals surface area contributed by atoms with Crippen LogP contribution in [0.15, 0.2) is 30.3 Å². The van der Waals surface area contributed by atoms with Crippen molar-refractivity contribution < 1.29 is 8.42 Å². The zero-order valence-corrected chi connectivity index (χ0v) is 11.4. The van der Waals surface area contributed by atoms with Gasteiger partial charge in [-0.2, -0.15) is 5.10 Å². The molecular weight excluding hydrogens is 262 g/mol. The van der Waals surface area contributed by atoms with E-state index in [4.69, 9.17) is 0 Å². The number of nitrogens with zero attached hydrogens (tertiary/aromatic N) is 2. The highest BCUT2D eigenvalue weighted by molar-refractivity contribution is 7.92. The van der Waals surface area contributed by atoms with Crippen LogP contribution in [0.5, 0.6) is 0 Å². The summed E-state index contributed by atoms with van der Waals surface area (Å²) in [5.74, 6) is 0.584. The average Bonchev–Trinajstić information content (AvgIpc) is 2.92. The SMILES string of the molecule is CS(=O)(=O)Nc1c2c(nn1-c1ccccc1)CCC2. The van der Waals surface area contributed by atoms with Crippen molar-refractivity contribution in [1.29, 1.82) is 0 Å². The molecule has 0 unspecified atom stereocenters. The smallest absolute Gasteiger partial charge is 0.230 e. The number of hydrogen-bond donors (Lipinski definition) is 1. The van der Waals surface area contributed by atoms with Gasteiger partial charge in [-0.3, -0.25) is 4.72 Å². The Bertz CT molecular complexity index is 705. The topological polar surface area (TPSA) is 64.0 Å². The Kier molecular flexibility index (Phi) is 2.82. The molecule has 1 heterocycles. The van der Waals surface area contributed by atoms with Gasteiger partial charge in [0.25, 0.3) is 0 Å². The Balaban J connectivity index is 2.15. The van der Waals surface area contributed by atoms with Gasteiger partial charge >= 0.3 is 0 Å². The number of nitrogens with one attached hydrogen (secondary N) is 1. The van der Waals surface area contributed by atoms with E-state index in [9.17, 15) is 8.42 Å². The maximum Gasteiger partial charge on any atom is 0.230 e. The molecule has 1 aliphatic carbocycles. The number of aromatic nitrogens is 2. The summed E-state index contributed by atoms with van der Waals surface area (Å²) in [5, 5.41) is 4.53. The van der Waals surface area contributed by atoms with E-state index in [0.29, 0.717) is 5.82 Å². The van der Waals surface area contributed by atoms with Crippen molar-refractivity contribution >= 4 is 15.8 Å². The van der Waals surface area contributed by atoms with Crippen LogP contribution in [-0.4, -0.2) is 24.5 Å². The molecule has 3 rings (SSSR count). The van der Waals surface area contributed by atoms with Crippen molar-refractivity contribution in [2.24, 2.45) is 0 Å². The molecule has 1 N–H and O–H groups in total. The molecule has 0 saturated heterocycles. The lowest BCUT2D eigenvalue weighted by Crippen LogP contribution is -2.14. The summed E-state index contributed by atoms with van der Waals surface area (Å²) in [5.41, 5.74) is 2.88. The third-order valence-corrected chi connectivity index (χ3v) is 3.75. The van der Waals surface area contributed by atoms with Crippen LogP contribution in [0.4, 0.5) is 5.82 Å². The summed E-state index contributed by atoms with van der Waals surface area (Å²) in [7, 11) is -3.31. The van der Waals surface area contributed by atoms with Gasteiger partial charge in [-0.05, 0) is 31.4 Å². The number of sulfonamides is 1. The van der Waals surface area contributed by atoms with Crippen molar-refractivity contribution in [3.05, 3.63) is 41.6 Å². The van der Waals surface area contributed by atoms with Gasteiger partial charge in [0.15, 0.2) is 0 Å². The van der Waals surface area contributed by atoms with E-state index in [1.807, 2.05) is 30.3 Å². The van der Waals surface area contributed by atoms with E-state index in [1.54, 1.807) is 4.68 Å². The van der Waals surface area contributed by atoms with Crippen molar-refractivity contribution in [3.63, 3.8) is 0 Å². The first-order valence-corrected chi connectivity index (χ1v) is 8.08. The number of benzene rings is 1. The molecule has 1 aromatic heterocycles. The van der Waals surface area contributed by atoms with E-state index < -0.39 is 10.0 Å². The minimum Gasteiger partial charge on any atom is -0.267 e. The maximum absolute atomic E-state index is 11.5. The van der Waals surface area contributed by atoms with Gasteiger partial charge in [-0.15, -0.1) is 0 Å². The van der Waals surface area contributed by atoms with Gasteiger partial charge in [0.05, 0.1) is 17.6 Å². The summed E-state index contributed by atoms with van der Waals surface area (Å²) in [6.45, 7) is 0. The minimum atomic E-state index is -3.31. The first-order chi connectivity index (χ1) is 9.04. The molecule has 5 nitrogen and oxygen atoms in total. The second-order valence-corrected chi connectivity index (χ2v) is 6.50. The van der Waals surface area contributed by atoms with E-state index >= 15 is 0 Å². The van der Waals surface area contributed by atoms with Crippen LogP contribution >= 0.6 is 0 Å². The molecule has 2 aromatic rings. The highest BCUT2D eigenvalue weighted by Gasteiger charge is 2.24. The van der Waals surface area contributed by atoms with Crippen LogP contribution in [0, 0.1) is 0 Å². The Morgan fingerprint density at radius 1 is 1.21 bits per heavy atom. The summed E-state index contributed by atoms with van der Waals surface area (Å²) < 4.78 is 27.3. The summed E-state index contributed by atoms with van der Waals surface area (Å²) in [6.07, 6.45) is 3.98. The lowest BCUT2D eigenvalue weighted by molar-refractivity contribution is 0.606. The predicted octanol–water partition coefficient (Wildman–Crippen LogP) is 1.73. The second-order valence-electron chi connectivity index (χ2n) is 4.75. The predicted molar refractivity (Wildman–Crippen MR) is 74.1 cm³/mol. The van der Waals surface area contributed by atoms with Gasteiger partial charge in [-0.1, -0.05) is 18.2 Å². The van der Waals surface area contributed by atoms with E-state index in [1.165, 1.54) is 0 Å². The molecule has 1 aliphatic rings. The van der Waals surface area contributed by atoms with Gasteiger partial charge in [0, 0.05) is 5.56 Å². The molecule has 0 bridgehead atoms. The highest BCUT2D eigenvalue weighted by Crippen LogP contribution is 2.31. The third kappa shape index (κ3) is 2.35. The lowest BCUT2D eigenvalue weighted by Gasteiger charge is -2.10. The van der Waals surface area contributed by atoms with Crippen LogP contribution in [0.1, 0.15) is 17.7 Å². The van der Waals surface area contributed by atoms with Crippen LogP contribution in [0.2, 0.25) is 0 Å². The quantitative estimate of drug-likeness (QED) is 0.929. The fourth-order valence-corrected chi connectivity index (χ4v) is 2.99. The van der Waals surface area contributed by atoms with Crippen molar-refractivity contribution in [2.75, 3.05) is 11.0 Å². The molecule has 19 heavy (non-hydrogen) atoms. The van der Waals surface area contributed by atoms with Crippen molar-refractivity contribution in [1.82, 2.24) is 9.78 Å². The monoisotopic (exact) mass is 277 g/mol. The van der Waals surface area contributed by atoms with E-state index in [-0.39, 0.29) is 0 Å². The normalized spacial score (nSPS) is 14.4. The number of aryl methyl sites for hydroxylation is 1. The molecule has 0 saturated carbocycles. The average molecular weight is 277 g/mol. The van der Waals surface area contributed by atoms with Crippen LogP contribution in [0.3, 0.4) is 0 Å². The molecule has 1 aromatic carbocycles. The molecule has 0 atom stereocenters. The van der Waals surface area contributed by atoms with Crippen LogP contribution in [0.25, 0.3) is 5.69 Å². The van der Waals surface area contributed by atoms with E-state index in [0.717, 1.165) is 42.5 Å². The fraction of sp³-hybridized carbons (Fsp3) is 0.308. The molecule has 6 heteroatoms. The van der Waals surface area contributed by atoms with Crippen molar-refractivity contribution in [3.8, 4) is 5.69 Å². The van der Waals surface area contributed by atoms with Crippen molar-refractivity contribution in [2.45, 2.75) is 19.3 Å². The largest absolute Gasteiger partial charge is 0.267 e. The summed E-state index contributed by atoms with van der Waals surface area (Å²) >= 11 is 0. The lowest BCUT2D eigenvalue weighted by atomic mass is 10.2. The molecular formula is C13H15N3O2S. The van der Waals surface area contributed by atoms with Gasteiger partial charge < -0.3 is 0 Å². The first kappa shape index (κ1) is 12.2. The first-order valence-electron chi connectivity index (χ1n) is 6.18. The van der Waals surface area contributed by atoms with Gasteiger partial charge in [0.1, 0.15) is 5.82 Å². The number of fused-ring (bicyclic) bond motifs is 1. The molecule has 0 amide bonds. The molecule has 0 fully saturated rings. The number of anilines is 1. The molecule has 100 valence electrons. The van der Waals surface area contributed by atoms with Gasteiger partial charge in [0.2, 0.25) is 10.0 Å². The van der Waals surface area contributed by atoms with E-state index in [2.05, 4.69) is 9.82 Å². The van der Waals surface area contributed by atoms with Gasteiger partial charge in [-0.25, -0.2) is 13.1 Å². The Morgan fingerprint density at radius 3 is 2.63 bits per heavy atom. The Labute approximate surface area is 112 Å². The summed E-state index contributed by atoms with van der Waals surface area (Å²) in [4.78, 5) is 0. The zero-order chi connectivity index (χ0) is 13.5. The summed E-state index contributed by atoms with van der Waals surface area (Å²) in [6, 6.07) is 9.56. The number of hydrogen-bond acceptors (Lipinski definition) is 3. The minimum absolute atomic E-state index is 0.584. The standard InChI is InChI=1S/C13H15N3O2S/c1-19(17,18)15-13-11-8-5-9-12(11)14-16(13)10-6-3-2-4-7-10/h2-4,6-7,15H,5,8-9H2,1H3. The molecule has 0 spiro atoms. The fourth-order valence-electron chi connectivity index (χ4n) is 2.43. The maximum atomic E-state index is 11.5. The Morgan fingerprint density at radius 2 is 1.95 bits per heavy atom. The molecule has 0 radical (unpaired) electrons. The second kappa shape index (κ2) is 4.38. The number of rotatable bonds is 3. The van der Waals surface area contributed by atoms with Crippen LogP contribution in [-0.2, 0) is 22.9 Å². The number of para-hydroxylation sites is 1. The highest BCUT2D eigenvalue weighted by atomic mass is 32.2. The zero-order valence-electron chi connectivity index (χ0n) is 10.6. The molecule has 0 aliphatic heterocycles. The Hall–Kier alpha value is -1.82. The van der Waals surface area contributed by atoms with Crippen LogP contribution < -0.4 is 4.72 Å².